The predicted octanol–water partition coefficient (Wildman–Crippen LogP) is 7.45. The van der Waals surface area contributed by atoms with Gasteiger partial charge in [0, 0.05) is 31.1 Å². The van der Waals surface area contributed by atoms with Gasteiger partial charge in [0.25, 0.3) is 0 Å². The lowest BCUT2D eigenvalue weighted by molar-refractivity contribution is -0.172. The zero-order valence-corrected chi connectivity index (χ0v) is 23.3. The smallest absolute Gasteiger partial charge is 0.338 e. The third-order valence-electron chi connectivity index (χ3n) is 11.8. The van der Waals surface area contributed by atoms with Gasteiger partial charge in [0.15, 0.2) is 0 Å². The lowest BCUT2D eigenvalue weighted by Crippen LogP contribution is -2.59. The summed E-state index contributed by atoms with van der Waals surface area (Å²) in [7, 11) is 0. The van der Waals surface area contributed by atoms with Crippen LogP contribution < -0.4 is 0 Å². The van der Waals surface area contributed by atoms with Crippen LogP contribution in [0, 0.1) is 46.3 Å². The first-order valence-corrected chi connectivity index (χ1v) is 15.0. The van der Waals surface area contributed by atoms with Crippen LogP contribution in [0.15, 0.2) is 30.3 Å². The van der Waals surface area contributed by atoms with E-state index in [1.165, 1.54) is 12.8 Å². The summed E-state index contributed by atoms with van der Waals surface area (Å²) in [5.74, 6) is 3.60. The van der Waals surface area contributed by atoms with Crippen molar-refractivity contribution in [2.24, 2.45) is 46.3 Å². The van der Waals surface area contributed by atoms with Crippen LogP contribution in [0.4, 0.5) is 0 Å². The highest BCUT2D eigenvalue weighted by molar-refractivity contribution is 5.89. The molecule has 37 heavy (non-hydrogen) atoms. The molecule has 4 heteroatoms. The molecule has 4 saturated carbocycles. The standard InChI is InChI=1S/C33H46O4/c1-5-24(34)13-11-21(2)27-15-16-28-26-14-12-23-19-25(35)17-18-32(23,3)29(26)20-30(33(27,28)4)37-31(36)22-9-7-6-8-10-22/h6-10,21,23,26-30H,5,11-20H2,1-4H3/t21?,23-,26?,27?,28?,29?,30+,32+,33-/m1/s1. The van der Waals surface area contributed by atoms with Gasteiger partial charge in [-0.1, -0.05) is 45.9 Å². The Balaban J connectivity index is 1.47. The van der Waals surface area contributed by atoms with Gasteiger partial charge in [-0.05, 0) is 98.0 Å². The fourth-order valence-corrected chi connectivity index (χ4v) is 9.66. The number of ether oxygens (including phenoxy) is 1. The maximum atomic E-state index is 13.4. The van der Waals surface area contributed by atoms with Crippen molar-refractivity contribution in [2.45, 2.75) is 104 Å². The van der Waals surface area contributed by atoms with Crippen LogP contribution in [0.2, 0.25) is 0 Å². The lowest BCUT2D eigenvalue weighted by atomic mass is 9.43. The van der Waals surface area contributed by atoms with Gasteiger partial charge in [0.2, 0.25) is 0 Å². The Kier molecular flexibility index (Phi) is 7.41. The van der Waals surface area contributed by atoms with E-state index >= 15 is 0 Å². The zero-order chi connectivity index (χ0) is 26.4. The molecule has 0 heterocycles. The van der Waals surface area contributed by atoms with Crippen LogP contribution in [-0.2, 0) is 14.3 Å². The van der Waals surface area contributed by atoms with Crippen molar-refractivity contribution in [3.8, 4) is 0 Å². The van der Waals surface area contributed by atoms with E-state index in [4.69, 9.17) is 4.74 Å². The highest BCUT2D eigenvalue weighted by atomic mass is 16.5. The number of Topliss-reactive ketones (excluding diaryl/α,β-unsaturated/α-hetero) is 2. The van der Waals surface area contributed by atoms with Crippen molar-refractivity contribution >= 4 is 17.5 Å². The largest absolute Gasteiger partial charge is 0.458 e. The molecule has 5 unspecified atom stereocenters. The van der Waals surface area contributed by atoms with Gasteiger partial charge in [-0.3, -0.25) is 9.59 Å². The Morgan fingerprint density at radius 2 is 1.81 bits per heavy atom. The highest BCUT2D eigenvalue weighted by Crippen LogP contribution is 2.68. The van der Waals surface area contributed by atoms with Crippen molar-refractivity contribution < 1.29 is 19.1 Å². The van der Waals surface area contributed by atoms with Crippen molar-refractivity contribution in [3.05, 3.63) is 35.9 Å². The van der Waals surface area contributed by atoms with E-state index in [1.54, 1.807) is 0 Å². The molecule has 0 bridgehead atoms. The molecule has 0 aromatic heterocycles. The summed E-state index contributed by atoms with van der Waals surface area (Å²) in [6, 6.07) is 9.43. The number of carbonyl (C=O) groups excluding carboxylic acids is 3. The van der Waals surface area contributed by atoms with Crippen LogP contribution in [-0.4, -0.2) is 23.6 Å². The monoisotopic (exact) mass is 506 g/mol. The van der Waals surface area contributed by atoms with Crippen LogP contribution in [0.1, 0.15) is 109 Å². The normalized spacial score (nSPS) is 39.7. The molecule has 0 saturated heterocycles. The molecule has 4 nitrogen and oxygen atoms in total. The first kappa shape index (κ1) is 26.6. The van der Waals surface area contributed by atoms with Gasteiger partial charge in [0.05, 0.1) is 5.56 Å². The summed E-state index contributed by atoms with van der Waals surface area (Å²) in [6.45, 7) is 9.15. The van der Waals surface area contributed by atoms with E-state index in [0.717, 1.165) is 38.5 Å². The molecule has 1 aromatic carbocycles. The molecule has 0 spiro atoms. The average Bonchev–Trinajstić information content (AvgIpc) is 3.26. The second-order valence-corrected chi connectivity index (χ2v) is 13.4. The third kappa shape index (κ3) is 4.61. The van der Waals surface area contributed by atoms with Crippen LogP contribution in [0.3, 0.4) is 0 Å². The third-order valence-corrected chi connectivity index (χ3v) is 11.8. The van der Waals surface area contributed by atoms with Crippen LogP contribution in [0.25, 0.3) is 0 Å². The van der Waals surface area contributed by atoms with Gasteiger partial charge >= 0.3 is 5.97 Å². The number of benzene rings is 1. The molecule has 0 radical (unpaired) electrons. The molecule has 9 atom stereocenters. The summed E-state index contributed by atoms with van der Waals surface area (Å²) in [6.07, 6.45) is 10.1. The number of esters is 1. The van der Waals surface area contributed by atoms with Crippen LogP contribution >= 0.6 is 0 Å². The van der Waals surface area contributed by atoms with Crippen molar-refractivity contribution in [3.63, 3.8) is 0 Å². The first-order valence-electron chi connectivity index (χ1n) is 15.0. The maximum Gasteiger partial charge on any atom is 0.338 e. The van der Waals surface area contributed by atoms with Crippen molar-refractivity contribution in [1.82, 2.24) is 0 Å². The predicted molar refractivity (Wildman–Crippen MR) is 145 cm³/mol. The molecular weight excluding hydrogens is 460 g/mol. The number of hydrogen-bond donors (Lipinski definition) is 0. The maximum absolute atomic E-state index is 13.4. The summed E-state index contributed by atoms with van der Waals surface area (Å²) in [5, 5.41) is 0. The minimum Gasteiger partial charge on any atom is -0.458 e. The molecule has 0 amide bonds. The first-order chi connectivity index (χ1) is 17.7. The highest BCUT2D eigenvalue weighted by Gasteiger charge is 2.65. The number of rotatable bonds is 7. The quantitative estimate of drug-likeness (QED) is 0.360. The van der Waals surface area contributed by atoms with Gasteiger partial charge in [-0.2, -0.15) is 0 Å². The minimum absolute atomic E-state index is 0.0754. The zero-order valence-electron chi connectivity index (χ0n) is 23.3. The van der Waals surface area contributed by atoms with E-state index in [9.17, 15) is 14.4 Å². The molecular formula is C33H46O4. The molecule has 0 aliphatic heterocycles. The van der Waals surface area contributed by atoms with E-state index in [-0.39, 0.29) is 22.9 Å². The number of ketones is 2. The Morgan fingerprint density at radius 1 is 1.05 bits per heavy atom. The Bertz CT molecular complexity index is 1020. The van der Waals surface area contributed by atoms with E-state index < -0.39 is 0 Å². The second-order valence-electron chi connectivity index (χ2n) is 13.4. The Hall–Kier alpha value is -1.97. The molecule has 5 rings (SSSR count). The summed E-state index contributed by atoms with van der Waals surface area (Å²) in [4.78, 5) is 38.0. The van der Waals surface area contributed by atoms with Crippen molar-refractivity contribution in [2.75, 3.05) is 0 Å². The van der Waals surface area contributed by atoms with E-state index in [2.05, 4.69) is 20.8 Å². The van der Waals surface area contributed by atoms with Gasteiger partial charge in [-0.25, -0.2) is 4.79 Å². The molecule has 4 aliphatic carbocycles. The molecule has 0 N–H and O–H groups in total. The lowest BCUT2D eigenvalue weighted by Gasteiger charge is -2.62. The number of carbonyl (C=O) groups is 3. The summed E-state index contributed by atoms with van der Waals surface area (Å²) < 4.78 is 6.54. The van der Waals surface area contributed by atoms with Gasteiger partial charge in [-0.15, -0.1) is 0 Å². The van der Waals surface area contributed by atoms with Gasteiger partial charge in [0.1, 0.15) is 17.7 Å². The Morgan fingerprint density at radius 3 is 2.54 bits per heavy atom. The van der Waals surface area contributed by atoms with Gasteiger partial charge < -0.3 is 4.74 Å². The number of hydrogen-bond acceptors (Lipinski definition) is 4. The molecule has 4 fully saturated rings. The van der Waals surface area contributed by atoms with E-state index in [1.807, 2.05) is 37.3 Å². The fraction of sp³-hybridized carbons (Fsp3) is 0.727. The molecule has 202 valence electrons. The second kappa shape index (κ2) is 10.3. The molecule has 1 aromatic rings. The Labute approximate surface area is 223 Å². The van der Waals surface area contributed by atoms with Crippen molar-refractivity contribution in [1.29, 1.82) is 0 Å². The SMILES string of the molecule is CCC(=O)CCC(C)C1CCC2C3CC[C@@H]4CC(=O)CC[C@]4(C)C3C[C@H](OC(=O)c3ccccc3)[C@]12C. The fourth-order valence-electron chi connectivity index (χ4n) is 9.66. The summed E-state index contributed by atoms with van der Waals surface area (Å²) >= 11 is 0. The van der Waals surface area contributed by atoms with Crippen LogP contribution in [0.5, 0.6) is 0 Å². The van der Waals surface area contributed by atoms with E-state index in [0.29, 0.717) is 71.9 Å². The average molecular weight is 507 g/mol. The minimum atomic E-state index is -0.208. The number of fused-ring (bicyclic) bond motifs is 5. The topological polar surface area (TPSA) is 60.4 Å². The summed E-state index contributed by atoms with van der Waals surface area (Å²) in [5.41, 5.74) is 0.706. The molecule has 4 aliphatic rings.